The fourth-order valence-electron chi connectivity index (χ4n) is 2.06. The first-order valence-corrected chi connectivity index (χ1v) is 7.39. The van der Waals surface area contributed by atoms with Crippen LogP contribution in [0.15, 0.2) is 24.3 Å². The number of amides is 2. The van der Waals surface area contributed by atoms with E-state index in [-0.39, 0.29) is 0 Å². The summed E-state index contributed by atoms with van der Waals surface area (Å²) in [5, 5.41) is 5.19. The Bertz CT molecular complexity index is 672. The van der Waals surface area contributed by atoms with Gasteiger partial charge < -0.3 is 15.4 Å². The van der Waals surface area contributed by atoms with Crippen LogP contribution in [0.1, 0.15) is 43.1 Å². The molecule has 2 amide bonds. The van der Waals surface area contributed by atoms with E-state index >= 15 is 0 Å². The van der Waals surface area contributed by atoms with Gasteiger partial charge in [0.15, 0.2) is 0 Å². The maximum Gasteiger partial charge on any atom is 0.407 e. The molecule has 1 aliphatic rings. The number of fused-ring (bicyclic) bond motifs is 1. The van der Waals surface area contributed by atoms with Gasteiger partial charge in [-0.2, -0.15) is 0 Å². The largest absolute Gasteiger partial charge is 0.444 e. The lowest BCUT2D eigenvalue weighted by Crippen LogP contribution is -2.32. The second-order valence-electron chi connectivity index (χ2n) is 6.21. The SMILES string of the molecule is CC(C)(C)OC(=O)NCCC=Cc1ccc2c(c1)NC(=O)C2=O. The fraction of sp³-hybridized carbons (Fsp3) is 0.353. The molecule has 2 rings (SSSR count). The first kappa shape index (κ1) is 16.7. The topological polar surface area (TPSA) is 84.5 Å². The predicted octanol–water partition coefficient (Wildman–Crippen LogP) is 2.75. The minimum Gasteiger partial charge on any atom is -0.444 e. The second kappa shape index (κ2) is 6.64. The van der Waals surface area contributed by atoms with Crippen molar-refractivity contribution in [2.45, 2.75) is 32.8 Å². The summed E-state index contributed by atoms with van der Waals surface area (Å²) >= 11 is 0. The maximum absolute atomic E-state index is 11.5. The standard InChI is InChI=1S/C17H20N2O4/c1-17(2,3)23-16(22)18-9-5-4-6-11-7-8-12-13(10-11)19-15(21)14(12)20/h4,6-8,10H,5,9H2,1-3H3,(H,18,22)(H,19,20,21). The van der Waals surface area contributed by atoms with Gasteiger partial charge in [-0.25, -0.2) is 4.79 Å². The number of ether oxygens (including phenoxy) is 1. The van der Waals surface area contributed by atoms with E-state index in [1.54, 1.807) is 18.2 Å². The third-order valence-electron chi connectivity index (χ3n) is 3.03. The average molecular weight is 316 g/mol. The normalized spacial score (nSPS) is 13.9. The van der Waals surface area contributed by atoms with Gasteiger partial charge in [-0.05, 0) is 44.9 Å². The van der Waals surface area contributed by atoms with Gasteiger partial charge >= 0.3 is 6.09 Å². The molecule has 2 N–H and O–H groups in total. The number of carbonyl (C=O) groups is 3. The zero-order valence-corrected chi connectivity index (χ0v) is 13.4. The number of nitrogens with one attached hydrogen (secondary N) is 2. The first-order chi connectivity index (χ1) is 10.8. The summed E-state index contributed by atoms with van der Waals surface area (Å²) in [6.07, 6.45) is 3.97. The summed E-state index contributed by atoms with van der Waals surface area (Å²) in [5.41, 5.74) is 1.30. The molecule has 0 fully saturated rings. The highest BCUT2D eigenvalue weighted by atomic mass is 16.6. The highest BCUT2D eigenvalue weighted by Crippen LogP contribution is 2.24. The van der Waals surface area contributed by atoms with Gasteiger partial charge in [0.2, 0.25) is 0 Å². The molecule has 0 aliphatic carbocycles. The lowest BCUT2D eigenvalue weighted by molar-refractivity contribution is -0.112. The van der Waals surface area contributed by atoms with E-state index < -0.39 is 23.4 Å². The Morgan fingerprint density at radius 3 is 2.74 bits per heavy atom. The quantitative estimate of drug-likeness (QED) is 0.661. The second-order valence-corrected chi connectivity index (χ2v) is 6.21. The summed E-state index contributed by atoms with van der Waals surface area (Å²) in [6, 6.07) is 5.15. The molecule has 1 aliphatic heterocycles. The van der Waals surface area contributed by atoms with E-state index in [4.69, 9.17) is 4.74 Å². The van der Waals surface area contributed by atoms with Gasteiger partial charge in [0, 0.05) is 6.54 Å². The number of anilines is 1. The van der Waals surface area contributed by atoms with E-state index in [1.807, 2.05) is 32.9 Å². The van der Waals surface area contributed by atoms with Crippen LogP contribution in [-0.2, 0) is 9.53 Å². The Labute approximate surface area is 134 Å². The van der Waals surface area contributed by atoms with Crippen LogP contribution in [0.3, 0.4) is 0 Å². The molecule has 122 valence electrons. The third-order valence-corrected chi connectivity index (χ3v) is 3.03. The Morgan fingerprint density at radius 2 is 2.04 bits per heavy atom. The molecule has 1 heterocycles. The van der Waals surface area contributed by atoms with Gasteiger partial charge in [0.05, 0.1) is 11.3 Å². The van der Waals surface area contributed by atoms with Crippen LogP contribution in [0.4, 0.5) is 10.5 Å². The van der Waals surface area contributed by atoms with Crippen molar-refractivity contribution in [2.24, 2.45) is 0 Å². The molecule has 0 unspecified atom stereocenters. The zero-order valence-electron chi connectivity index (χ0n) is 13.4. The van der Waals surface area contributed by atoms with Crippen LogP contribution in [0.5, 0.6) is 0 Å². The highest BCUT2D eigenvalue weighted by molar-refractivity contribution is 6.51. The molecule has 6 heteroatoms. The van der Waals surface area contributed by atoms with Crippen molar-refractivity contribution in [1.29, 1.82) is 0 Å². The number of hydrogen-bond donors (Lipinski definition) is 2. The molecule has 23 heavy (non-hydrogen) atoms. The summed E-state index contributed by atoms with van der Waals surface area (Å²) < 4.78 is 5.13. The zero-order chi connectivity index (χ0) is 17.0. The van der Waals surface area contributed by atoms with E-state index in [0.29, 0.717) is 24.2 Å². The van der Waals surface area contributed by atoms with Crippen molar-refractivity contribution < 1.29 is 19.1 Å². The Balaban J connectivity index is 1.81. The van der Waals surface area contributed by atoms with Gasteiger partial charge in [-0.1, -0.05) is 18.2 Å². The Kier molecular flexibility index (Phi) is 4.83. The van der Waals surface area contributed by atoms with E-state index in [0.717, 1.165) is 5.56 Å². The van der Waals surface area contributed by atoms with Gasteiger partial charge in [-0.3, -0.25) is 9.59 Å². The van der Waals surface area contributed by atoms with Crippen LogP contribution in [0.25, 0.3) is 6.08 Å². The van der Waals surface area contributed by atoms with E-state index in [1.165, 1.54) is 0 Å². The monoisotopic (exact) mass is 316 g/mol. The lowest BCUT2D eigenvalue weighted by Gasteiger charge is -2.19. The fourth-order valence-corrected chi connectivity index (χ4v) is 2.06. The minimum absolute atomic E-state index is 0.402. The van der Waals surface area contributed by atoms with Crippen LogP contribution in [-0.4, -0.2) is 29.9 Å². The lowest BCUT2D eigenvalue weighted by atomic mass is 10.1. The van der Waals surface area contributed by atoms with Crippen molar-refractivity contribution >= 4 is 29.5 Å². The van der Waals surface area contributed by atoms with Gasteiger partial charge in [-0.15, -0.1) is 0 Å². The van der Waals surface area contributed by atoms with Crippen molar-refractivity contribution in [1.82, 2.24) is 5.32 Å². The van der Waals surface area contributed by atoms with Crippen molar-refractivity contribution in [3.05, 3.63) is 35.4 Å². The summed E-state index contributed by atoms with van der Waals surface area (Å²) in [4.78, 5) is 34.2. The molecular formula is C17H20N2O4. The van der Waals surface area contributed by atoms with Crippen LogP contribution in [0.2, 0.25) is 0 Å². The van der Waals surface area contributed by atoms with Gasteiger partial charge in [0.25, 0.3) is 11.7 Å². The molecule has 0 aromatic heterocycles. The highest BCUT2D eigenvalue weighted by Gasteiger charge is 2.27. The van der Waals surface area contributed by atoms with Crippen molar-refractivity contribution in [2.75, 3.05) is 11.9 Å². The van der Waals surface area contributed by atoms with E-state index in [2.05, 4.69) is 10.6 Å². The molecule has 0 spiro atoms. The molecule has 1 aromatic rings. The number of hydrogen-bond acceptors (Lipinski definition) is 4. The predicted molar refractivity (Wildman–Crippen MR) is 87.3 cm³/mol. The molecule has 6 nitrogen and oxygen atoms in total. The van der Waals surface area contributed by atoms with Crippen LogP contribution < -0.4 is 10.6 Å². The maximum atomic E-state index is 11.5. The smallest absolute Gasteiger partial charge is 0.407 e. The molecule has 0 radical (unpaired) electrons. The number of carbonyl (C=O) groups excluding carboxylic acids is 3. The summed E-state index contributed by atoms with van der Waals surface area (Å²) in [5.74, 6) is -1.10. The third kappa shape index (κ3) is 4.67. The first-order valence-electron chi connectivity index (χ1n) is 7.39. The molecule has 0 saturated heterocycles. The number of Topliss-reactive ketones (excluding diaryl/α,β-unsaturated/α-hetero) is 1. The summed E-state index contributed by atoms with van der Waals surface area (Å²) in [6.45, 7) is 5.89. The molecule has 0 bridgehead atoms. The van der Waals surface area contributed by atoms with Crippen LogP contribution in [0, 0.1) is 0 Å². The van der Waals surface area contributed by atoms with Crippen molar-refractivity contribution in [3.8, 4) is 0 Å². The summed E-state index contributed by atoms with van der Waals surface area (Å²) in [7, 11) is 0. The van der Waals surface area contributed by atoms with Crippen molar-refractivity contribution in [3.63, 3.8) is 0 Å². The number of ketones is 1. The average Bonchev–Trinajstić information content (AvgIpc) is 2.71. The number of benzene rings is 1. The van der Waals surface area contributed by atoms with Gasteiger partial charge in [0.1, 0.15) is 5.60 Å². The molecular weight excluding hydrogens is 296 g/mol. The molecule has 1 aromatic carbocycles. The number of rotatable bonds is 4. The Hall–Kier alpha value is -2.63. The Morgan fingerprint density at radius 1 is 1.30 bits per heavy atom. The van der Waals surface area contributed by atoms with E-state index in [9.17, 15) is 14.4 Å². The molecule has 0 atom stereocenters. The van der Waals surface area contributed by atoms with Crippen LogP contribution >= 0.6 is 0 Å². The number of alkyl carbamates (subject to hydrolysis) is 1. The molecule has 0 saturated carbocycles. The minimum atomic E-state index is -0.595.